The fourth-order valence-corrected chi connectivity index (χ4v) is 3.72. The van der Waals surface area contributed by atoms with Crippen molar-refractivity contribution in [1.82, 2.24) is 9.88 Å². The maximum absolute atomic E-state index is 13.0. The molecule has 1 aromatic heterocycles. The van der Waals surface area contributed by atoms with E-state index in [0.29, 0.717) is 13.1 Å². The summed E-state index contributed by atoms with van der Waals surface area (Å²) in [5, 5.41) is -0.197. The van der Waals surface area contributed by atoms with Crippen LogP contribution in [0.1, 0.15) is 39.2 Å². The number of amides is 1. The average Bonchev–Trinajstić information content (AvgIpc) is 2.74. The van der Waals surface area contributed by atoms with Crippen molar-refractivity contribution in [2.75, 3.05) is 18.0 Å². The molecule has 1 aromatic rings. The molecule has 0 aromatic carbocycles. The van der Waals surface area contributed by atoms with Crippen molar-refractivity contribution in [3.05, 3.63) is 22.8 Å². The number of fused-ring (bicyclic) bond motifs is 2. The van der Waals surface area contributed by atoms with Gasteiger partial charge in [-0.2, -0.15) is 13.2 Å². The second-order valence-corrected chi connectivity index (χ2v) is 8.10. The zero-order valence-corrected chi connectivity index (χ0v) is 15.6. The Balaban J connectivity index is 1.79. The van der Waals surface area contributed by atoms with Crippen LogP contribution in [0.15, 0.2) is 12.1 Å². The summed E-state index contributed by atoms with van der Waals surface area (Å²) in [4.78, 5) is 20.0. The summed E-state index contributed by atoms with van der Waals surface area (Å²) in [5.41, 5.74) is -1.42. The number of aromatic nitrogens is 1. The lowest BCUT2D eigenvalue weighted by Gasteiger charge is -2.41. The fraction of sp³-hybridized carbons (Fsp3) is 0.647. The lowest BCUT2D eigenvalue weighted by Crippen LogP contribution is -2.57. The molecule has 5 nitrogen and oxygen atoms in total. The molecule has 26 heavy (non-hydrogen) atoms. The topological polar surface area (TPSA) is 45.7 Å². The zero-order valence-electron chi connectivity index (χ0n) is 14.8. The maximum atomic E-state index is 13.0. The highest BCUT2D eigenvalue weighted by Crippen LogP contribution is 2.36. The number of hydrogen-bond acceptors (Lipinski definition) is 4. The van der Waals surface area contributed by atoms with E-state index in [1.54, 1.807) is 30.6 Å². The quantitative estimate of drug-likeness (QED) is 0.668. The third-order valence-corrected chi connectivity index (χ3v) is 4.71. The van der Waals surface area contributed by atoms with Gasteiger partial charge in [0.25, 0.3) is 0 Å². The summed E-state index contributed by atoms with van der Waals surface area (Å²) in [6.07, 6.45) is -3.29. The van der Waals surface area contributed by atoms with Crippen LogP contribution < -0.4 is 4.90 Å². The van der Waals surface area contributed by atoms with Gasteiger partial charge in [0.1, 0.15) is 16.6 Å². The third-order valence-electron chi connectivity index (χ3n) is 4.52. The van der Waals surface area contributed by atoms with Crippen LogP contribution in [0.25, 0.3) is 0 Å². The van der Waals surface area contributed by atoms with Gasteiger partial charge in [-0.1, -0.05) is 11.6 Å². The molecule has 0 radical (unpaired) electrons. The molecule has 2 saturated heterocycles. The summed E-state index contributed by atoms with van der Waals surface area (Å²) in [6.45, 7) is 6.22. The average molecular weight is 392 g/mol. The first kappa shape index (κ1) is 19.1. The number of hydrogen-bond donors (Lipinski definition) is 0. The molecule has 3 heterocycles. The number of halogens is 4. The predicted octanol–water partition coefficient (Wildman–Crippen LogP) is 4.34. The van der Waals surface area contributed by atoms with Crippen LogP contribution in [0, 0.1) is 0 Å². The minimum absolute atomic E-state index is 0.112. The SMILES string of the molecule is CC(C)(C)OC(=O)N1[C@@H]2CC[C@H]1CN(c1cc(C(F)(F)F)cc(Cl)n1)C2. The molecule has 0 unspecified atom stereocenters. The Morgan fingerprint density at radius 2 is 1.77 bits per heavy atom. The van der Waals surface area contributed by atoms with Crippen molar-refractivity contribution < 1.29 is 22.7 Å². The Bertz CT molecular complexity index is 691. The highest BCUT2D eigenvalue weighted by Gasteiger charge is 2.45. The second-order valence-electron chi connectivity index (χ2n) is 7.71. The Morgan fingerprint density at radius 3 is 2.27 bits per heavy atom. The van der Waals surface area contributed by atoms with Crippen molar-refractivity contribution in [2.45, 2.75) is 57.5 Å². The summed E-state index contributed by atoms with van der Waals surface area (Å²) in [5.74, 6) is 0.186. The van der Waals surface area contributed by atoms with Gasteiger partial charge < -0.3 is 9.64 Å². The molecule has 0 N–H and O–H groups in total. The number of carbonyl (C=O) groups is 1. The number of anilines is 1. The molecule has 2 atom stereocenters. The van der Waals surface area contributed by atoms with E-state index < -0.39 is 17.3 Å². The lowest BCUT2D eigenvalue weighted by atomic mass is 10.1. The number of alkyl halides is 3. The first-order valence-electron chi connectivity index (χ1n) is 8.45. The van der Waals surface area contributed by atoms with E-state index in [0.717, 1.165) is 25.0 Å². The van der Waals surface area contributed by atoms with Crippen molar-refractivity contribution >= 4 is 23.5 Å². The van der Waals surface area contributed by atoms with E-state index in [1.165, 1.54) is 0 Å². The van der Waals surface area contributed by atoms with Crippen molar-refractivity contribution in [2.24, 2.45) is 0 Å². The molecular weight excluding hydrogens is 371 g/mol. The number of carbonyl (C=O) groups excluding carboxylic acids is 1. The smallest absolute Gasteiger partial charge is 0.416 e. The van der Waals surface area contributed by atoms with Gasteiger partial charge in [-0.3, -0.25) is 4.90 Å². The van der Waals surface area contributed by atoms with Crippen LogP contribution in [0.3, 0.4) is 0 Å². The normalized spacial score (nSPS) is 23.3. The van der Waals surface area contributed by atoms with E-state index in [4.69, 9.17) is 16.3 Å². The van der Waals surface area contributed by atoms with Crippen molar-refractivity contribution in [3.63, 3.8) is 0 Å². The van der Waals surface area contributed by atoms with E-state index in [1.807, 2.05) is 0 Å². The predicted molar refractivity (Wildman–Crippen MR) is 91.3 cm³/mol. The summed E-state index contributed by atoms with van der Waals surface area (Å²) in [6, 6.07) is 1.60. The van der Waals surface area contributed by atoms with Crippen LogP contribution in [0.2, 0.25) is 5.15 Å². The number of nitrogens with zero attached hydrogens (tertiary/aromatic N) is 3. The van der Waals surface area contributed by atoms with E-state index in [-0.39, 0.29) is 29.1 Å². The van der Waals surface area contributed by atoms with Gasteiger partial charge in [0.2, 0.25) is 0 Å². The van der Waals surface area contributed by atoms with Crippen LogP contribution in [0.5, 0.6) is 0 Å². The molecule has 1 amide bonds. The highest BCUT2D eigenvalue weighted by atomic mass is 35.5. The van der Waals surface area contributed by atoms with Gasteiger partial charge in [0.15, 0.2) is 0 Å². The van der Waals surface area contributed by atoms with Gasteiger partial charge in [-0.05, 0) is 45.7 Å². The number of pyridine rings is 1. The van der Waals surface area contributed by atoms with Gasteiger partial charge in [0.05, 0.1) is 17.6 Å². The lowest BCUT2D eigenvalue weighted by molar-refractivity contribution is -0.137. The zero-order chi connectivity index (χ0) is 19.3. The van der Waals surface area contributed by atoms with Crippen LogP contribution in [-0.4, -0.2) is 46.8 Å². The molecular formula is C17H21ClF3N3O2. The van der Waals surface area contributed by atoms with Gasteiger partial charge >= 0.3 is 12.3 Å². The van der Waals surface area contributed by atoms with E-state index in [9.17, 15) is 18.0 Å². The Kier molecular flexibility index (Phi) is 4.75. The second kappa shape index (κ2) is 6.48. The number of rotatable bonds is 1. The molecule has 9 heteroatoms. The monoisotopic (exact) mass is 391 g/mol. The Labute approximate surface area is 155 Å². The number of piperazine rings is 1. The van der Waals surface area contributed by atoms with Crippen molar-refractivity contribution in [1.29, 1.82) is 0 Å². The van der Waals surface area contributed by atoms with Crippen LogP contribution >= 0.6 is 11.6 Å². The van der Waals surface area contributed by atoms with Gasteiger partial charge in [0, 0.05) is 13.1 Å². The van der Waals surface area contributed by atoms with E-state index >= 15 is 0 Å². The van der Waals surface area contributed by atoms with E-state index in [2.05, 4.69) is 4.98 Å². The molecule has 2 fully saturated rings. The van der Waals surface area contributed by atoms with Crippen molar-refractivity contribution in [3.8, 4) is 0 Å². The minimum atomic E-state index is -4.49. The van der Waals surface area contributed by atoms with Crippen LogP contribution in [-0.2, 0) is 10.9 Å². The fourth-order valence-electron chi connectivity index (χ4n) is 3.51. The summed E-state index contributed by atoms with van der Waals surface area (Å²) < 4.78 is 44.6. The maximum Gasteiger partial charge on any atom is 0.416 e. The Hall–Kier alpha value is -1.70. The molecule has 2 aliphatic rings. The molecule has 0 saturated carbocycles. The summed E-state index contributed by atoms with van der Waals surface area (Å²) in [7, 11) is 0. The molecule has 144 valence electrons. The molecule has 0 spiro atoms. The van der Waals surface area contributed by atoms with Crippen LogP contribution in [0.4, 0.5) is 23.8 Å². The summed E-state index contributed by atoms with van der Waals surface area (Å²) >= 11 is 5.79. The highest BCUT2D eigenvalue weighted by molar-refractivity contribution is 6.29. The first-order valence-corrected chi connectivity index (χ1v) is 8.83. The molecule has 0 aliphatic carbocycles. The number of ether oxygens (including phenoxy) is 1. The molecule has 3 rings (SSSR count). The molecule has 2 aliphatic heterocycles. The molecule has 2 bridgehead atoms. The largest absolute Gasteiger partial charge is 0.444 e. The van der Waals surface area contributed by atoms with Gasteiger partial charge in [-0.15, -0.1) is 0 Å². The Morgan fingerprint density at radius 1 is 1.19 bits per heavy atom. The standard InChI is InChI=1S/C17H21ClF3N3O2/c1-16(2,3)26-15(25)24-11-4-5-12(24)9-23(8-11)14-7-10(17(19,20)21)6-13(18)22-14/h6-7,11-12H,4-5,8-9H2,1-3H3/t11-,12+. The first-order chi connectivity index (χ1) is 11.9. The van der Waals surface area contributed by atoms with Gasteiger partial charge in [-0.25, -0.2) is 9.78 Å². The minimum Gasteiger partial charge on any atom is -0.444 e. The third kappa shape index (κ3) is 4.00.